The Morgan fingerprint density at radius 2 is 0.557 bits per heavy atom. The second-order valence-corrected chi connectivity index (χ2v) is 31.3. The molecule has 47 heteroatoms. The van der Waals surface area contributed by atoms with Gasteiger partial charge < -0.3 is 129 Å². The molecule has 0 aromatic rings. The van der Waals surface area contributed by atoms with Gasteiger partial charge in [-0.25, -0.2) is 0 Å². The number of carboxylic acid groups (broad SMARTS) is 1. The second-order valence-electron chi connectivity index (χ2n) is 31.3. The van der Waals surface area contributed by atoms with Crippen LogP contribution in [0.4, 0.5) is 0 Å². The number of nitrogens with one attached hydrogen (secondary N) is 10. The van der Waals surface area contributed by atoms with Crippen LogP contribution >= 0.6 is 0 Å². The van der Waals surface area contributed by atoms with Crippen LogP contribution in [0, 0.1) is 0 Å². The number of hydrogen-bond donors (Lipinski definition) is 11. The summed E-state index contributed by atoms with van der Waals surface area (Å²) < 4.78 is 84.4. The third kappa shape index (κ3) is 49.8. The van der Waals surface area contributed by atoms with Gasteiger partial charge >= 0.3 is 59.7 Å². The molecule has 3 rings (SSSR count). The summed E-state index contributed by atoms with van der Waals surface area (Å²) in [6.45, 7) is 12.1. The molecule has 11 N–H and O–H groups in total. The van der Waals surface area contributed by atoms with Crippen LogP contribution in [0.25, 0.3) is 0 Å². The average molecular weight is 1880 g/mol. The molecule has 0 spiro atoms. The number of nitrogens with zero attached hydrogens (tertiary/aromatic N) is 1. The summed E-state index contributed by atoms with van der Waals surface area (Å²) in [5, 5.41) is 36.5. The van der Waals surface area contributed by atoms with E-state index in [1.165, 1.54) is 25.7 Å². The Morgan fingerprint density at radius 3 is 0.832 bits per heavy atom. The van der Waals surface area contributed by atoms with Crippen molar-refractivity contribution in [2.45, 2.75) is 316 Å². The molecule has 0 aliphatic carbocycles. The van der Waals surface area contributed by atoms with E-state index in [1.807, 2.05) is 0 Å². The quantitative estimate of drug-likeness (QED) is 0.0193. The minimum atomic E-state index is -1.32. The molecule has 3 aliphatic heterocycles. The Balaban J connectivity index is 1.71. The van der Waals surface area contributed by atoms with E-state index in [-0.39, 0.29) is 154 Å². The van der Waals surface area contributed by atoms with E-state index in [9.17, 15) is 95.9 Å². The maximum Gasteiger partial charge on any atom is 0.303 e. The van der Waals surface area contributed by atoms with Gasteiger partial charge in [0.15, 0.2) is 55.5 Å². The molecule has 0 saturated carbocycles. The predicted molar refractivity (Wildman–Crippen MR) is 451 cm³/mol. The Hall–Kier alpha value is -10.9. The van der Waals surface area contributed by atoms with Crippen LogP contribution in [0.1, 0.15) is 218 Å². The Kier molecular flexibility index (Phi) is 55.9. The maximum absolute atomic E-state index is 14.5. The number of rotatable bonds is 63. The number of amides is 10. The monoisotopic (exact) mass is 1870 g/mol. The lowest BCUT2D eigenvalue weighted by Crippen LogP contribution is -2.66. The lowest BCUT2D eigenvalue weighted by Gasteiger charge is -2.44. The molecule has 10 amide bonds. The van der Waals surface area contributed by atoms with Crippen LogP contribution in [0.2, 0.25) is 0 Å². The van der Waals surface area contributed by atoms with E-state index in [0.29, 0.717) is 64.2 Å². The average Bonchev–Trinajstić information content (AvgIpc) is 0.794. The van der Waals surface area contributed by atoms with Crippen LogP contribution in [0.3, 0.4) is 0 Å². The number of carbonyl (C=O) groups is 20. The summed E-state index contributed by atoms with van der Waals surface area (Å²) in [6.07, 6.45) is -10.1. The number of hydrogen-bond acceptors (Lipinski definition) is 36. The van der Waals surface area contributed by atoms with Gasteiger partial charge in [-0.15, -0.1) is 0 Å². The number of carbonyl (C=O) groups excluding carboxylic acids is 19. The molecule has 131 heavy (non-hydrogen) atoms. The van der Waals surface area contributed by atoms with Gasteiger partial charge in [-0.3, -0.25) is 101 Å². The predicted octanol–water partition coefficient (Wildman–Crippen LogP) is -1.23. The van der Waals surface area contributed by atoms with Gasteiger partial charge in [-0.1, -0.05) is 19.3 Å². The maximum atomic E-state index is 14.5. The topological polar surface area (TPSA) is 624 Å². The largest absolute Gasteiger partial charge is 0.481 e. The Bertz CT molecular complexity index is 3590. The fourth-order valence-electron chi connectivity index (χ4n) is 14.0. The van der Waals surface area contributed by atoms with Crippen LogP contribution < -0.4 is 53.2 Å². The van der Waals surface area contributed by atoms with Gasteiger partial charge in [0.05, 0.1) is 19.1 Å². The third-order valence-corrected chi connectivity index (χ3v) is 19.6. The standard InChI is InChI=1S/C84H135N11O36/c1-49(96)92-72-78(126-58(10)105)75(123-55(7)102)62(46-120-52(4)99)129-82(72)117-41-21-13-16-29-65(108)86-35-25-38-89-69(112)44-95(45-70(113)90-39-26-36-87-66(109)30-17-14-22-42-118-83-73(93-50(2)97)79(127-59(11)106)76(124-56(8)103)63(130-83)47-121-53(5)100)61(28-19-20-34-85-68(111)32-24-33-71(114)115)81(116)91-40-27-37-88-67(110)31-18-15-23-43-119-84-74(94-51(3)98)80(128-60(12)107)77(125-57(9)104)64(131-84)48-122-54(6)101/h61-64,72-80,82-84H,13-48H2,1-12H3,(H,85,111)(H,86,108)(H,87,109)(H,88,110)(H,89,112)(H,90,113)(H,91,116)(H,92,96)(H,93,97)(H,94,98)(H,114,115)/t61-,62?,63?,64?,72?,73?,74?,75?,76?,77?,78?,79?,80?,82?,83?,84?/m1/s1. The molecule has 0 aromatic heterocycles. The normalized spacial score (nSPS) is 21.6. The first kappa shape index (κ1) is 114. The molecule has 0 bridgehead atoms. The first-order valence-corrected chi connectivity index (χ1v) is 44.0. The van der Waals surface area contributed by atoms with Crippen molar-refractivity contribution in [3.8, 4) is 0 Å². The van der Waals surface area contributed by atoms with Crippen LogP contribution in [0.15, 0.2) is 0 Å². The summed E-state index contributed by atoms with van der Waals surface area (Å²) in [5.41, 5.74) is 0. The molecule has 16 atom stereocenters. The van der Waals surface area contributed by atoms with Crippen molar-refractivity contribution in [1.82, 2.24) is 58.1 Å². The van der Waals surface area contributed by atoms with Crippen LogP contribution in [-0.4, -0.2) is 325 Å². The first-order chi connectivity index (χ1) is 62.1. The molecule has 0 radical (unpaired) electrons. The first-order valence-electron chi connectivity index (χ1n) is 44.0. The number of aliphatic carboxylic acids is 1. The van der Waals surface area contributed by atoms with E-state index >= 15 is 0 Å². The van der Waals surface area contributed by atoms with Crippen molar-refractivity contribution < 1.29 is 172 Å². The van der Waals surface area contributed by atoms with Gasteiger partial charge in [0.2, 0.25) is 59.1 Å². The zero-order chi connectivity index (χ0) is 97.5. The summed E-state index contributed by atoms with van der Waals surface area (Å²) in [6, 6.07) is -4.68. The molecular weight excluding hydrogens is 1740 g/mol. The fraction of sp³-hybridized carbons (Fsp3) is 0.762. The lowest BCUT2D eigenvalue weighted by molar-refractivity contribution is -0.277. The second kappa shape index (κ2) is 64.0. The fourth-order valence-corrected chi connectivity index (χ4v) is 14.0. The molecule has 742 valence electrons. The highest BCUT2D eigenvalue weighted by Crippen LogP contribution is 2.32. The molecule has 15 unspecified atom stereocenters. The van der Waals surface area contributed by atoms with Crippen molar-refractivity contribution in [3.05, 3.63) is 0 Å². The van der Waals surface area contributed by atoms with E-state index in [2.05, 4.69) is 53.2 Å². The highest BCUT2D eigenvalue weighted by Gasteiger charge is 2.55. The third-order valence-electron chi connectivity index (χ3n) is 19.6. The smallest absolute Gasteiger partial charge is 0.303 e. The van der Waals surface area contributed by atoms with Crippen molar-refractivity contribution in [3.63, 3.8) is 0 Å². The summed E-state index contributed by atoms with van der Waals surface area (Å²) in [4.78, 5) is 252. The zero-order valence-electron chi connectivity index (χ0n) is 76.9. The number of ether oxygens (including phenoxy) is 15. The van der Waals surface area contributed by atoms with Crippen molar-refractivity contribution in [1.29, 1.82) is 0 Å². The molecular formula is C84H135N11O36. The lowest BCUT2D eigenvalue weighted by atomic mass is 9.96. The zero-order valence-corrected chi connectivity index (χ0v) is 76.9. The highest BCUT2D eigenvalue weighted by molar-refractivity contribution is 5.86. The van der Waals surface area contributed by atoms with Crippen LogP contribution in [-0.2, 0) is 167 Å². The van der Waals surface area contributed by atoms with Gasteiger partial charge in [0, 0.05) is 181 Å². The van der Waals surface area contributed by atoms with Gasteiger partial charge in [0.25, 0.3) is 0 Å². The van der Waals surface area contributed by atoms with Gasteiger partial charge in [-0.2, -0.15) is 0 Å². The molecule has 47 nitrogen and oxygen atoms in total. The number of carboxylic acids is 1. The number of esters is 9. The highest BCUT2D eigenvalue weighted by atomic mass is 16.7. The molecule has 3 saturated heterocycles. The summed E-state index contributed by atoms with van der Waals surface area (Å²) in [5.74, 6) is -12.6. The van der Waals surface area contributed by atoms with E-state index in [1.54, 1.807) is 0 Å². The van der Waals surface area contributed by atoms with E-state index in [0.717, 1.165) is 62.3 Å². The van der Waals surface area contributed by atoms with Crippen LogP contribution in [0.5, 0.6) is 0 Å². The molecule has 3 fully saturated rings. The molecule has 0 aromatic carbocycles. The van der Waals surface area contributed by atoms with E-state index < -0.39 is 232 Å². The summed E-state index contributed by atoms with van der Waals surface area (Å²) in [7, 11) is 0. The van der Waals surface area contributed by atoms with Crippen molar-refractivity contribution in [2.75, 3.05) is 98.5 Å². The Morgan fingerprint density at radius 1 is 0.290 bits per heavy atom. The minimum Gasteiger partial charge on any atom is -0.481 e. The summed E-state index contributed by atoms with van der Waals surface area (Å²) >= 11 is 0. The Labute approximate surface area is 760 Å². The van der Waals surface area contributed by atoms with E-state index in [4.69, 9.17) is 76.2 Å². The molecule has 3 aliphatic rings. The van der Waals surface area contributed by atoms with Crippen molar-refractivity contribution in [2.24, 2.45) is 0 Å². The molecule has 3 heterocycles. The number of unbranched alkanes of at least 4 members (excludes halogenated alkanes) is 7. The van der Waals surface area contributed by atoms with Gasteiger partial charge in [0.1, 0.15) is 56.3 Å². The van der Waals surface area contributed by atoms with Gasteiger partial charge in [-0.05, 0) is 83.5 Å². The SMILES string of the molecule is CC(=O)NC1C(OCCCCCC(=O)NCCCNC(=O)CN(CC(=O)NCCCNC(=O)CCCCCOC2OC(COC(C)=O)C(OC(C)=O)C(OC(C)=O)C2NC(C)=O)[C@H](CCCCNC(=O)CCCC(=O)O)C(=O)NCCCNC(=O)CCCCCOC2OC(COC(C)=O)C(OC(C)=O)C(OC(C)=O)C2NC(C)=O)OC(COC(C)=O)C(OC(C)=O)C1OC(C)=O. The van der Waals surface area contributed by atoms with Crippen molar-refractivity contribution >= 4 is 119 Å². The minimum absolute atomic E-state index is 0.0124.